The largest absolute Gasteiger partial charge is 0.445 e. The van der Waals surface area contributed by atoms with Gasteiger partial charge in [0.2, 0.25) is 0 Å². The van der Waals surface area contributed by atoms with Crippen LogP contribution in [0.3, 0.4) is 0 Å². The lowest BCUT2D eigenvalue weighted by Crippen LogP contribution is -2.63. The van der Waals surface area contributed by atoms with Gasteiger partial charge < -0.3 is 14.6 Å². The van der Waals surface area contributed by atoms with Crippen LogP contribution in [-0.4, -0.2) is 47.0 Å². The van der Waals surface area contributed by atoms with E-state index < -0.39 is 5.60 Å². The first-order valence-corrected chi connectivity index (χ1v) is 8.89. The molecule has 25 heavy (non-hydrogen) atoms. The fraction of sp³-hybridized carbons (Fsp3) is 0.550. The number of allylic oxidation sites excluding steroid dienone is 1. The third-order valence-corrected chi connectivity index (χ3v) is 4.94. The van der Waals surface area contributed by atoms with Crippen molar-refractivity contribution in [2.24, 2.45) is 0 Å². The van der Waals surface area contributed by atoms with Crippen LogP contribution in [-0.2, 0) is 16.1 Å². The van der Waals surface area contributed by atoms with Crippen molar-refractivity contribution < 1.29 is 19.4 Å². The van der Waals surface area contributed by atoms with Crippen LogP contribution in [0.4, 0.5) is 4.79 Å². The van der Waals surface area contributed by atoms with Crippen molar-refractivity contribution in [3.63, 3.8) is 0 Å². The van der Waals surface area contributed by atoms with Crippen molar-refractivity contribution in [2.45, 2.75) is 57.4 Å². The summed E-state index contributed by atoms with van der Waals surface area (Å²) >= 11 is 0. The first-order chi connectivity index (χ1) is 12.0. The maximum absolute atomic E-state index is 12.6. The van der Waals surface area contributed by atoms with Crippen LogP contribution in [0.5, 0.6) is 0 Å². The molecule has 0 aliphatic carbocycles. The molecule has 0 spiro atoms. The molecular formula is C20H27NO4. The quantitative estimate of drug-likeness (QED) is 0.851. The Hall–Kier alpha value is -1.85. The first-order valence-electron chi connectivity index (χ1n) is 8.89. The van der Waals surface area contributed by atoms with Crippen molar-refractivity contribution in [2.75, 3.05) is 13.2 Å². The molecule has 2 fully saturated rings. The number of carbonyl (C=O) groups excluding carboxylic acids is 1. The molecule has 1 aromatic rings. The lowest BCUT2D eigenvalue weighted by molar-refractivity contribution is -0.132. The van der Waals surface area contributed by atoms with Crippen molar-refractivity contribution in [3.05, 3.63) is 47.5 Å². The zero-order chi connectivity index (χ0) is 17.9. The van der Waals surface area contributed by atoms with Gasteiger partial charge in [-0.15, -0.1) is 0 Å². The number of hydrogen-bond donors (Lipinski definition) is 1. The smallest absolute Gasteiger partial charge is 0.410 e. The zero-order valence-electron chi connectivity index (χ0n) is 15.0. The molecule has 0 saturated carbocycles. The highest BCUT2D eigenvalue weighted by atomic mass is 16.6. The summed E-state index contributed by atoms with van der Waals surface area (Å²) in [5, 5.41) is 11.0. The van der Waals surface area contributed by atoms with Crippen LogP contribution >= 0.6 is 0 Å². The highest BCUT2D eigenvalue weighted by Crippen LogP contribution is 2.37. The van der Waals surface area contributed by atoms with Crippen LogP contribution in [0.2, 0.25) is 0 Å². The summed E-state index contributed by atoms with van der Waals surface area (Å²) in [5.74, 6) is 0. The fourth-order valence-electron chi connectivity index (χ4n) is 3.73. The molecule has 2 saturated heterocycles. The Morgan fingerprint density at radius 2 is 1.92 bits per heavy atom. The Morgan fingerprint density at radius 3 is 2.52 bits per heavy atom. The van der Waals surface area contributed by atoms with E-state index in [4.69, 9.17) is 9.47 Å². The topological polar surface area (TPSA) is 59.0 Å². The minimum absolute atomic E-state index is 0.133. The summed E-state index contributed by atoms with van der Waals surface area (Å²) in [6.07, 6.45) is 3.42. The van der Waals surface area contributed by atoms with Gasteiger partial charge in [-0.25, -0.2) is 4.79 Å². The molecule has 3 rings (SSSR count). The van der Waals surface area contributed by atoms with Gasteiger partial charge in [0.1, 0.15) is 6.61 Å². The molecule has 2 aliphatic heterocycles. The van der Waals surface area contributed by atoms with Crippen LogP contribution < -0.4 is 0 Å². The second-order valence-electron chi connectivity index (χ2n) is 7.41. The van der Waals surface area contributed by atoms with Crippen LogP contribution in [0.15, 0.2) is 42.0 Å². The molecule has 2 bridgehead atoms. The van der Waals surface area contributed by atoms with Crippen molar-refractivity contribution in [1.82, 2.24) is 4.90 Å². The number of ether oxygens (including phenoxy) is 2. The molecular weight excluding hydrogens is 318 g/mol. The van der Waals surface area contributed by atoms with Gasteiger partial charge >= 0.3 is 6.09 Å². The molecule has 0 aromatic heterocycles. The predicted octanol–water partition coefficient (Wildman–Crippen LogP) is 3.27. The zero-order valence-corrected chi connectivity index (χ0v) is 15.0. The predicted molar refractivity (Wildman–Crippen MR) is 95.1 cm³/mol. The number of fused-ring (bicyclic) bond motifs is 2. The Kier molecular flexibility index (Phi) is 5.45. The maximum atomic E-state index is 12.6. The van der Waals surface area contributed by atoms with Crippen LogP contribution in [0.25, 0.3) is 0 Å². The molecule has 2 atom stereocenters. The molecule has 2 aliphatic rings. The second kappa shape index (κ2) is 7.58. The van der Waals surface area contributed by atoms with Gasteiger partial charge in [0.15, 0.2) is 0 Å². The normalized spacial score (nSPS) is 28.4. The fourth-order valence-corrected chi connectivity index (χ4v) is 3.73. The Bertz CT molecular complexity index is 610. The summed E-state index contributed by atoms with van der Waals surface area (Å²) in [7, 11) is 0. The van der Waals surface area contributed by atoms with Gasteiger partial charge in [0, 0.05) is 0 Å². The third-order valence-electron chi connectivity index (χ3n) is 4.94. The number of carbonyl (C=O) groups is 1. The second-order valence-corrected chi connectivity index (χ2v) is 7.41. The summed E-state index contributed by atoms with van der Waals surface area (Å²) in [4.78, 5) is 14.4. The lowest BCUT2D eigenvalue weighted by Gasteiger charge is -2.50. The highest BCUT2D eigenvalue weighted by Gasteiger charge is 2.48. The molecule has 2 unspecified atom stereocenters. The van der Waals surface area contributed by atoms with E-state index in [-0.39, 0.29) is 24.8 Å². The van der Waals surface area contributed by atoms with E-state index in [0.717, 1.165) is 5.56 Å². The summed E-state index contributed by atoms with van der Waals surface area (Å²) < 4.78 is 11.1. The highest BCUT2D eigenvalue weighted by molar-refractivity contribution is 5.69. The number of piperidine rings is 1. The molecule has 5 heteroatoms. The van der Waals surface area contributed by atoms with E-state index in [1.165, 1.54) is 5.57 Å². The summed E-state index contributed by atoms with van der Waals surface area (Å²) in [6, 6.07) is 9.39. The number of benzene rings is 1. The van der Waals surface area contributed by atoms with E-state index in [1.807, 2.05) is 44.2 Å². The van der Waals surface area contributed by atoms with Crippen LogP contribution in [0, 0.1) is 0 Å². The van der Waals surface area contributed by atoms with E-state index in [0.29, 0.717) is 32.5 Å². The van der Waals surface area contributed by atoms with Gasteiger partial charge in [-0.3, -0.25) is 4.90 Å². The number of nitrogens with zero attached hydrogens (tertiary/aromatic N) is 1. The lowest BCUT2D eigenvalue weighted by atomic mass is 9.79. The first kappa shape index (κ1) is 18.0. The Labute approximate surface area is 149 Å². The van der Waals surface area contributed by atoms with Crippen LogP contribution in [0.1, 0.15) is 38.7 Å². The van der Waals surface area contributed by atoms with Gasteiger partial charge in [0.25, 0.3) is 0 Å². The number of aliphatic hydroxyl groups is 1. The van der Waals surface area contributed by atoms with E-state index in [1.54, 1.807) is 4.90 Å². The summed E-state index contributed by atoms with van der Waals surface area (Å²) in [5.41, 5.74) is 1.39. The van der Waals surface area contributed by atoms with Crippen molar-refractivity contribution in [1.29, 1.82) is 0 Å². The maximum Gasteiger partial charge on any atom is 0.410 e. The SMILES string of the molecule is CC(C)=CCC1(O)CC2COCC(C1)N2C(=O)OCc1ccccc1. The minimum atomic E-state index is -0.771. The van der Waals surface area contributed by atoms with E-state index in [2.05, 4.69) is 6.08 Å². The van der Waals surface area contributed by atoms with E-state index in [9.17, 15) is 9.90 Å². The van der Waals surface area contributed by atoms with Gasteiger partial charge in [-0.05, 0) is 38.7 Å². The Balaban J connectivity index is 1.64. The van der Waals surface area contributed by atoms with Gasteiger partial charge in [-0.2, -0.15) is 0 Å². The molecule has 2 heterocycles. The molecule has 1 amide bonds. The number of morpholine rings is 1. The summed E-state index contributed by atoms with van der Waals surface area (Å²) in [6.45, 7) is 5.23. The van der Waals surface area contributed by atoms with Gasteiger partial charge in [0.05, 0.1) is 30.9 Å². The standard InChI is InChI=1S/C20H27NO4/c1-15(2)8-9-20(23)10-17-13-24-14-18(11-20)21(17)19(22)25-12-16-6-4-3-5-7-16/h3-8,17-18,23H,9-14H2,1-2H3. The van der Waals surface area contributed by atoms with E-state index >= 15 is 0 Å². The molecule has 1 aromatic carbocycles. The van der Waals surface area contributed by atoms with Crippen molar-refractivity contribution in [3.8, 4) is 0 Å². The molecule has 136 valence electrons. The van der Waals surface area contributed by atoms with Gasteiger partial charge in [-0.1, -0.05) is 42.0 Å². The van der Waals surface area contributed by atoms with Crippen molar-refractivity contribution >= 4 is 6.09 Å². The molecule has 0 radical (unpaired) electrons. The average molecular weight is 345 g/mol. The molecule has 1 N–H and O–H groups in total. The Morgan fingerprint density at radius 1 is 1.28 bits per heavy atom. The minimum Gasteiger partial charge on any atom is -0.445 e. The number of rotatable bonds is 4. The monoisotopic (exact) mass is 345 g/mol. The molecule has 5 nitrogen and oxygen atoms in total. The third kappa shape index (κ3) is 4.41. The number of amides is 1. The number of hydrogen-bond acceptors (Lipinski definition) is 4. The average Bonchev–Trinajstić information content (AvgIpc) is 2.58.